The van der Waals surface area contributed by atoms with Crippen molar-refractivity contribution in [2.24, 2.45) is 0 Å². The topological polar surface area (TPSA) is 214 Å². The number of carboxylic acid groups (broad SMARTS) is 1. The molecule has 0 aromatic carbocycles. The maximum Gasteiger partial charge on any atom is 0.310 e. The minimum atomic E-state index is -0.959. The van der Waals surface area contributed by atoms with Gasteiger partial charge in [-0.25, -0.2) is 4.98 Å². The molecule has 3 aromatic heterocycles. The number of rotatable bonds is 17. The van der Waals surface area contributed by atoms with E-state index in [9.17, 15) is 34.8 Å². The Morgan fingerprint density at radius 1 is 0.875 bits per heavy atom. The summed E-state index contributed by atoms with van der Waals surface area (Å²) in [6.45, 7) is 11.5. The van der Waals surface area contributed by atoms with E-state index >= 15 is 0 Å². The standard InChI is InChI=1S/C42H56N6O8/c1-7-27-23(2)32-21-36-28(11-16-49)24(3)31(45-36)20-33-25(4)29(9-10-37(52)53)40(46-33)30(19-38(54)56-6)41-39(26(5)34(47-41)22-35(27)44-32)42(55)43-12-8-13-48(14-17-50)15-18-51/h20-22,25,29,44-45,49-51H,7-19H2,1-6H3,(H,43,55)(H,52,53). The van der Waals surface area contributed by atoms with E-state index < -0.39 is 17.9 Å². The van der Waals surface area contributed by atoms with Crippen LogP contribution in [0.5, 0.6) is 0 Å². The number of aromatic amines is 2. The van der Waals surface area contributed by atoms with E-state index in [1.165, 1.54) is 7.11 Å². The molecule has 56 heavy (non-hydrogen) atoms. The molecule has 1 amide bonds. The molecule has 8 bridgehead atoms. The van der Waals surface area contributed by atoms with Gasteiger partial charge < -0.3 is 40.4 Å². The Hall–Kier alpha value is -4.89. The average Bonchev–Trinajstić information content (AvgIpc) is 3.85. The molecular formula is C42H56N6O8. The van der Waals surface area contributed by atoms with Crippen molar-refractivity contribution in [1.82, 2.24) is 30.2 Å². The number of hydrogen-bond donors (Lipinski definition) is 7. The third kappa shape index (κ3) is 9.04. The van der Waals surface area contributed by atoms with Crippen LogP contribution in [0.15, 0.2) is 18.2 Å². The van der Waals surface area contributed by atoms with Crippen molar-refractivity contribution in [3.8, 4) is 0 Å². The number of esters is 1. The van der Waals surface area contributed by atoms with E-state index in [1.54, 1.807) is 0 Å². The summed E-state index contributed by atoms with van der Waals surface area (Å²) in [5, 5.41) is 41.7. The molecular weight excluding hydrogens is 716 g/mol. The number of nitrogens with one attached hydrogen (secondary N) is 3. The van der Waals surface area contributed by atoms with Gasteiger partial charge in [-0.05, 0) is 99.0 Å². The molecule has 7 N–H and O–H groups in total. The van der Waals surface area contributed by atoms with Gasteiger partial charge in [0.15, 0.2) is 0 Å². The quantitative estimate of drug-likeness (QED) is 0.0762. The first-order chi connectivity index (χ1) is 26.9. The summed E-state index contributed by atoms with van der Waals surface area (Å²) in [6, 6.07) is 5.94. The predicted octanol–water partition coefficient (Wildman–Crippen LogP) is 4.22. The second-order valence-electron chi connectivity index (χ2n) is 14.6. The molecule has 302 valence electrons. The second kappa shape index (κ2) is 18.8. The van der Waals surface area contributed by atoms with E-state index in [0.29, 0.717) is 67.2 Å². The smallest absolute Gasteiger partial charge is 0.310 e. The first-order valence-electron chi connectivity index (χ1n) is 19.4. The molecule has 14 heteroatoms. The lowest BCUT2D eigenvalue weighted by Crippen LogP contribution is -2.33. The van der Waals surface area contributed by atoms with Gasteiger partial charge in [0.2, 0.25) is 0 Å². The highest BCUT2D eigenvalue weighted by molar-refractivity contribution is 6.27. The molecule has 5 rings (SSSR count). The van der Waals surface area contributed by atoms with Crippen LogP contribution < -0.4 is 5.32 Å². The van der Waals surface area contributed by atoms with Crippen LogP contribution in [0, 0.1) is 13.8 Å². The number of aryl methyl sites for hydroxylation is 3. The fourth-order valence-corrected chi connectivity index (χ4v) is 8.02. The summed E-state index contributed by atoms with van der Waals surface area (Å²) in [7, 11) is 1.29. The zero-order valence-corrected chi connectivity index (χ0v) is 33.3. The van der Waals surface area contributed by atoms with Gasteiger partial charge in [-0.3, -0.25) is 24.3 Å². The summed E-state index contributed by atoms with van der Waals surface area (Å²) in [6.07, 6.45) is 1.56. The Morgan fingerprint density at radius 3 is 2.16 bits per heavy atom. The molecule has 2 atom stereocenters. The average molecular weight is 773 g/mol. The van der Waals surface area contributed by atoms with Crippen molar-refractivity contribution in [2.75, 3.05) is 53.1 Å². The van der Waals surface area contributed by atoms with Gasteiger partial charge in [0, 0.05) is 77.8 Å². The Kier molecular flexibility index (Phi) is 14.2. The number of amides is 1. The van der Waals surface area contributed by atoms with Gasteiger partial charge in [0.25, 0.3) is 5.91 Å². The number of allylic oxidation sites excluding steroid dienone is 1. The molecule has 0 saturated heterocycles. The Balaban J connectivity index is 1.84. The van der Waals surface area contributed by atoms with Crippen LogP contribution in [-0.2, 0) is 38.4 Å². The molecule has 14 nitrogen and oxygen atoms in total. The molecule has 0 radical (unpaired) electrons. The van der Waals surface area contributed by atoms with Gasteiger partial charge in [-0.2, -0.15) is 0 Å². The SMILES string of the molecule is CCc1c(C)c2cc3[nH]c(cc4nc(c(CC(=O)OC)c5nc(cc1[nH]2)C(C)=C5C(=O)NCCCN(CCO)CCO)C(CCC(=O)O)C4C)c(C)c3CCO. The third-order valence-corrected chi connectivity index (χ3v) is 11.2. The van der Waals surface area contributed by atoms with Crippen LogP contribution in [0.2, 0.25) is 0 Å². The maximum absolute atomic E-state index is 14.3. The lowest BCUT2D eigenvalue weighted by atomic mass is 9.84. The number of carbonyl (C=O) groups is 3. The van der Waals surface area contributed by atoms with Gasteiger partial charge in [-0.15, -0.1) is 0 Å². The minimum absolute atomic E-state index is 0.0356. The lowest BCUT2D eigenvalue weighted by Gasteiger charge is -2.20. The molecule has 0 saturated carbocycles. The highest BCUT2D eigenvalue weighted by Gasteiger charge is 2.35. The summed E-state index contributed by atoms with van der Waals surface area (Å²) < 4.78 is 5.18. The minimum Gasteiger partial charge on any atom is -0.481 e. The van der Waals surface area contributed by atoms with Gasteiger partial charge in [0.1, 0.15) is 0 Å². The predicted molar refractivity (Wildman–Crippen MR) is 215 cm³/mol. The molecule has 2 aliphatic rings. The van der Waals surface area contributed by atoms with E-state index in [1.807, 2.05) is 37.8 Å². The number of nitrogens with zero attached hydrogens (tertiary/aromatic N) is 3. The molecule has 2 aliphatic heterocycles. The summed E-state index contributed by atoms with van der Waals surface area (Å²) in [5.41, 5.74) is 10.7. The van der Waals surface area contributed by atoms with Gasteiger partial charge >= 0.3 is 11.9 Å². The van der Waals surface area contributed by atoms with Crippen molar-refractivity contribution in [3.05, 3.63) is 68.8 Å². The van der Waals surface area contributed by atoms with Crippen molar-refractivity contribution in [2.45, 2.75) is 85.0 Å². The first kappa shape index (κ1) is 42.3. The highest BCUT2D eigenvalue weighted by Crippen LogP contribution is 2.44. The first-order valence-corrected chi connectivity index (χ1v) is 19.4. The van der Waals surface area contributed by atoms with Crippen molar-refractivity contribution < 1.29 is 39.5 Å². The van der Waals surface area contributed by atoms with Crippen LogP contribution in [0.25, 0.3) is 33.2 Å². The molecule has 0 aliphatic carbocycles. The number of methoxy groups -OCH3 is 1. The number of aliphatic carboxylic acids is 1. The number of carbonyl (C=O) groups excluding carboxylic acids is 2. The van der Waals surface area contributed by atoms with Crippen molar-refractivity contribution in [3.63, 3.8) is 0 Å². The molecule has 5 heterocycles. The number of aromatic nitrogens is 4. The van der Waals surface area contributed by atoms with Gasteiger partial charge in [0.05, 0.1) is 49.4 Å². The number of aliphatic hydroxyl groups is 3. The summed E-state index contributed by atoms with van der Waals surface area (Å²) in [4.78, 5) is 58.9. The largest absolute Gasteiger partial charge is 0.481 e. The summed E-state index contributed by atoms with van der Waals surface area (Å²) in [5.74, 6) is -2.59. The number of aliphatic hydroxyl groups excluding tert-OH is 3. The number of ether oxygens (including phenoxy) is 1. The number of fused-ring (bicyclic) bond motifs is 8. The Morgan fingerprint density at radius 2 is 1.54 bits per heavy atom. The van der Waals surface area contributed by atoms with Crippen molar-refractivity contribution in [1.29, 1.82) is 0 Å². The van der Waals surface area contributed by atoms with Crippen LogP contribution in [0.3, 0.4) is 0 Å². The Bertz CT molecular complexity index is 2150. The fourth-order valence-electron chi connectivity index (χ4n) is 8.02. The van der Waals surface area contributed by atoms with Crippen LogP contribution >= 0.6 is 0 Å². The number of H-pyrrole nitrogens is 2. The number of hydrogen-bond acceptors (Lipinski definition) is 10. The zero-order valence-electron chi connectivity index (χ0n) is 33.3. The monoisotopic (exact) mass is 772 g/mol. The third-order valence-electron chi connectivity index (χ3n) is 11.2. The second-order valence-corrected chi connectivity index (χ2v) is 14.6. The Labute approximate surface area is 327 Å². The molecule has 3 aromatic rings. The lowest BCUT2D eigenvalue weighted by molar-refractivity contribution is -0.140. The van der Waals surface area contributed by atoms with E-state index in [-0.39, 0.29) is 62.2 Å². The van der Waals surface area contributed by atoms with Crippen LogP contribution in [0.1, 0.15) is 102 Å². The normalized spacial score (nSPS) is 15.5. The van der Waals surface area contributed by atoms with E-state index in [2.05, 4.69) is 35.2 Å². The maximum atomic E-state index is 14.3. The van der Waals surface area contributed by atoms with Crippen molar-refractivity contribution >= 4 is 51.1 Å². The molecule has 0 spiro atoms. The summed E-state index contributed by atoms with van der Waals surface area (Å²) >= 11 is 0. The van der Waals surface area contributed by atoms with Gasteiger partial charge in [-0.1, -0.05) is 13.8 Å². The molecule has 2 unspecified atom stereocenters. The van der Waals surface area contributed by atoms with Crippen LogP contribution in [0.4, 0.5) is 0 Å². The fraction of sp³-hybridized carbons (Fsp3) is 0.500. The zero-order chi connectivity index (χ0) is 40.7. The van der Waals surface area contributed by atoms with E-state index in [0.717, 1.165) is 50.7 Å². The van der Waals surface area contributed by atoms with Crippen LogP contribution in [-0.4, -0.2) is 116 Å². The van der Waals surface area contributed by atoms with E-state index in [4.69, 9.17) is 14.7 Å². The number of carboxylic acids is 1. The molecule has 0 fully saturated rings. The highest BCUT2D eigenvalue weighted by atomic mass is 16.5.